The summed E-state index contributed by atoms with van der Waals surface area (Å²) in [6.07, 6.45) is 0. The van der Waals surface area contributed by atoms with Crippen molar-refractivity contribution in [2.45, 2.75) is 6.54 Å². The van der Waals surface area contributed by atoms with Crippen LogP contribution >= 0.6 is 0 Å². The minimum Gasteiger partial charge on any atom is -0.344 e. The van der Waals surface area contributed by atoms with Gasteiger partial charge in [-0.3, -0.25) is 9.59 Å². The molecule has 0 unspecified atom stereocenters. The van der Waals surface area contributed by atoms with Crippen LogP contribution in [-0.4, -0.2) is 18.4 Å². The first-order valence-electron chi connectivity index (χ1n) is 5.09. The predicted octanol–water partition coefficient (Wildman–Crippen LogP) is -0.186. The molecule has 0 spiro atoms. The number of hydrogen-bond donors (Lipinski definition) is 2. The van der Waals surface area contributed by atoms with E-state index in [0.717, 1.165) is 5.56 Å². The lowest BCUT2D eigenvalue weighted by molar-refractivity contribution is -0.139. The fourth-order valence-electron chi connectivity index (χ4n) is 1.21. The normalized spacial score (nSPS) is 8.78. The van der Waals surface area contributed by atoms with Crippen molar-refractivity contribution in [2.75, 3.05) is 6.54 Å². The minimum absolute atomic E-state index is 0.147. The number of carbonyl (C=O) groups excluding carboxylic acids is 2. The van der Waals surface area contributed by atoms with E-state index in [2.05, 4.69) is 10.6 Å². The van der Waals surface area contributed by atoms with Gasteiger partial charge in [0.05, 0.1) is 17.7 Å². The Labute approximate surface area is 104 Å². The van der Waals surface area contributed by atoms with Gasteiger partial charge >= 0.3 is 11.8 Å². The Bertz CT molecular complexity index is 540. The molecule has 18 heavy (non-hydrogen) atoms. The molecule has 0 saturated carbocycles. The summed E-state index contributed by atoms with van der Waals surface area (Å²) in [5.74, 6) is -1.67. The Hall–Kier alpha value is -2.86. The van der Waals surface area contributed by atoms with Crippen LogP contribution in [0.1, 0.15) is 11.1 Å². The summed E-state index contributed by atoms with van der Waals surface area (Å²) in [7, 11) is 0. The van der Waals surface area contributed by atoms with Crippen LogP contribution in [0, 0.1) is 22.7 Å². The summed E-state index contributed by atoms with van der Waals surface area (Å²) in [5.41, 5.74) is 1.20. The third kappa shape index (κ3) is 3.95. The number of nitriles is 2. The standard InChI is InChI=1S/C12H10N4O2/c13-4-5-15-11(17)12(18)16-8-10-3-1-2-9(6-10)7-14/h1-3,6H,5,8H2,(H,15,17)(H,16,18). The average Bonchev–Trinajstić information content (AvgIpc) is 2.42. The quantitative estimate of drug-likeness (QED) is 0.566. The second-order valence-electron chi connectivity index (χ2n) is 3.34. The fourth-order valence-corrected chi connectivity index (χ4v) is 1.21. The van der Waals surface area contributed by atoms with Gasteiger partial charge < -0.3 is 10.6 Å². The summed E-state index contributed by atoms with van der Waals surface area (Å²) < 4.78 is 0. The first kappa shape index (κ1) is 13.2. The Kier molecular flexibility index (Phi) is 4.89. The Balaban J connectivity index is 2.50. The third-order valence-corrected chi connectivity index (χ3v) is 2.04. The zero-order chi connectivity index (χ0) is 13.4. The highest BCUT2D eigenvalue weighted by Gasteiger charge is 2.11. The molecule has 90 valence electrons. The van der Waals surface area contributed by atoms with Crippen LogP contribution in [0.5, 0.6) is 0 Å². The third-order valence-electron chi connectivity index (χ3n) is 2.04. The molecule has 1 aromatic rings. The highest BCUT2D eigenvalue weighted by Crippen LogP contribution is 2.03. The van der Waals surface area contributed by atoms with Crippen LogP contribution in [-0.2, 0) is 16.1 Å². The molecule has 0 saturated heterocycles. The van der Waals surface area contributed by atoms with Gasteiger partial charge in [0, 0.05) is 6.54 Å². The van der Waals surface area contributed by atoms with Gasteiger partial charge in [-0.25, -0.2) is 0 Å². The number of hydrogen-bond acceptors (Lipinski definition) is 4. The van der Waals surface area contributed by atoms with Gasteiger partial charge in [-0.05, 0) is 17.7 Å². The first-order valence-corrected chi connectivity index (χ1v) is 5.09. The second-order valence-corrected chi connectivity index (χ2v) is 3.34. The summed E-state index contributed by atoms with van der Waals surface area (Å²) in [5, 5.41) is 21.4. The Morgan fingerprint density at radius 1 is 1.17 bits per heavy atom. The van der Waals surface area contributed by atoms with Gasteiger partial charge in [0.2, 0.25) is 0 Å². The van der Waals surface area contributed by atoms with Gasteiger partial charge in [-0.15, -0.1) is 0 Å². The van der Waals surface area contributed by atoms with Gasteiger partial charge in [0.15, 0.2) is 0 Å². The van der Waals surface area contributed by atoms with E-state index >= 15 is 0 Å². The highest BCUT2D eigenvalue weighted by atomic mass is 16.2. The molecule has 6 heteroatoms. The summed E-state index contributed by atoms with van der Waals surface area (Å²) >= 11 is 0. The van der Waals surface area contributed by atoms with Crippen molar-refractivity contribution in [2.24, 2.45) is 0 Å². The molecule has 0 aliphatic carbocycles. The van der Waals surface area contributed by atoms with Gasteiger partial charge in [0.25, 0.3) is 0 Å². The summed E-state index contributed by atoms with van der Waals surface area (Å²) in [6, 6.07) is 10.4. The second kappa shape index (κ2) is 6.66. The van der Waals surface area contributed by atoms with Crippen molar-refractivity contribution in [1.29, 1.82) is 10.5 Å². The molecule has 1 rings (SSSR count). The van der Waals surface area contributed by atoms with E-state index in [1.54, 1.807) is 30.3 Å². The van der Waals surface area contributed by atoms with Crippen molar-refractivity contribution in [1.82, 2.24) is 10.6 Å². The molecule has 6 nitrogen and oxygen atoms in total. The van der Waals surface area contributed by atoms with Gasteiger partial charge in [-0.1, -0.05) is 12.1 Å². The first-order chi connectivity index (χ1) is 8.67. The predicted molar refractivity (Wildman–Crippen MR) is 61.6 cm³/mol. The largest absolute Gasteiger partial charge is 0.344 e. The van der Waals surface area contributed by atoms with Crippen LogP contribution in [0.3, 0.4) is 0 Å². The number of nitrogens with one attached hydrogen (secondary N) is 2. The van der Waals surface area contributed by atoms with E-state index in [1.807, 2.05) is 6.07 Å². The molecule has 0 atom stereocenters. The van der Waals surface area contributed by atoms with E-state index in [0.29, 0.717) is 5.56 Å². The van der Waals surface area contributed by atoms with Crippen molar-refractivity contribution in [3.63, 3.8) is 0 Å². The smallest absolute Gasteiger partial charge is 0.310 e. The molecule has 0 aromatic heterocycles. The minimum atomic E-state index is -0.854. The number of rotatable bonds is 3. The Morgan fingerprint density at radius 2 is 1.89 bits per heavy atom. The van der Waals surface area contributed by atoms with Crippen molar-refractivity contribution in [3.8, 4) is 12.1 Å². The molecule has 0 fully saturated rings. The maximum atomic E-state index is 11.3. The summed E-state index contributed by atoms with van der Waals surface area (Å²) in [4.78, 5) is 22.4. The van der Waals surface area contributed by atoms with E-state index in [1.165, 1.54) is 0 Å². The molecule has 1 aromatic carbocycles. The molecule has 2 N–H and O–H groups in total. The van der Waals surface area contributed by atoms with E-state index in [-0.39, 0.29) is 13.1 Å². The van der Waals surface area contributed by atoms with Crippen LogP contribution in [0.2, 0.25) is 0 Å². The molecule has 2 amide bonds. The van der Waals surface area contributed by atoms with Crippen LogP contribution in [0.25, 0.3) is 0 Å². The van der Waals surface area contributed by atoms with Gasteiger partial charge in [-0.2, -0.15) is 10.5 Å². The fraction of sp³-hybridized carbons (Fsp3) is 0.167. The van der Waals surface area contributed by atoms with Crippen molar-refractivity contribution >= 4 is 11.8 Å². The summed E-state index contributed by atoms with van der Waals surface area (Å²) in [6.45, 7) is -0.0650. The zero-order valence-electron chi connectivity index (χ0n) is 9.43. The lowest BCUT2D eigenvalue weighted by Crippen LogP contribution is -2.39. The van der Waals surface area contributed by atoms with E-state index in [4.69, 9.17) is 10.5 Å². The average molecular weight is 242 g/mol. The zero-order valence-corrected chi connectivity index (χ0v) is 9.43. The van der Waals surface area contributed by atoms with Crippen LogP contribution in [0.15, 0.2) is 24.3 Å². The lowest BCUT2D eigenvalue weighted by atomic mass is 10.1. The topological polar surface area (TPSA) is 106 Å². The Morgan fingerprint density at radius 3 is 2.56 bits per heavy atom. The number of carbonyl (C=O) groups is 2. The molecule has 0 aliphatic heterocycles. The molecule has 0 aliphatic rings. The van der Waals surface area contributed by atoms with Gasteiger partial charge in [0.1, 0.15) is 6.54 Å². The maximum Gasteiger partial charge on any atom is 0.310 e. The monoisotopic (exact) mass is 242 g/mol. The van der Waals surface area contributed by atoms with Crippen LogP contribution in [0.4, 0.5) is 0 Å². The molecule has 0 bridgehead atoms. The van der Waals surface area contributed by atoms with Crippen LogP contribution < -0.4 is 10.6 Å². The molecule has 0 heterocycles. The lowest BCUT2D eigenvalue weighted by Gasteiger charge is -2.04. The van der Waals surface area contributed by atoms with E-state index < -0.39 is 11.8 Å². The maximum absolute atomic E-state index is 11.3. The molecule has 0 radical (unpaired) electrons. The van der Waals surface area contributed by atoms with Crippen molar-refractivity contribution in [3.05, 3.63) is 35.4 Å². The van der Waals surface area contributed by atoms with E-state index in [9.17, 15) is 9.59 Å². The molecular formula is C12H10N4O2. The SMILES string of the molecule is N#CCNC(=O)C(=O)NCc1cccc(C#N)c1. The number of benzene rings is 1. The molecular weight excluding hydrogens is 232 g/mol. The van der Waals surface area contributed by atoms with Crippen molar-refractivity contribution < 1.29 is 9.59 Å². The highest BCUT2D eigenvalue weighted by molar-refractivity contribution is 6.35. The number of amides is 2. The number of nitrogens with zero attached hydrogens (tertiary/aromatic N) is 2.